The average Bonchev–Trinajstić information content (AvgIpc) is 2.36. The third-order valence-electron chi connectivity index (χ3n) is 2.32. The van der Waals surface area contributed by atoms with Crippen LogP contribution in [0.1, 0.15) is 17.3 Å². The minimum Gasteiger partial charge on any atom is -0.496 e. The Kier molecular flexibility index (Phi) is 4.65. The van der Waals surface area contributed by atoms with E-state index in [1.54, 1.807) is 0 Å². The quantitative estimate of drug-likeness (QED) is 0.819. The minimum atomic E-state index is -0.869. The van der Waals surface area contributed by atoms with E-state index in [1.165, 1.54) is 33.3 Å². The number of hydrogen-bond acceptors (Lipinski definition) is 4. The van der Waals surface area contributed by atoms with Crippen LogP contribution in [0, 0.1) is 5.82 Å². The van der Waals surface area contributed by atoms with Crippen LogP contribution < -0.4 is 10.1 Å². The van der Waals surface area contributed by atoms with Crippen molar-refractivity contribution in [2.45, 2.75) is 13.0 Å². The Morgan fingerprint density at radius 1 is 1.33 bits per heavy atom. The van der Waals surface area contributed by atoms with Crippen LogP contribution in [0.25, 0.3) is 0 Å². The number of esters is 1. The summed E-state index contributed by atoms with van der Waals surface area (Å²) in [7, 11) is 2.53. The number of carbonyl (C=O) groups excluding carboxylic acids is 2. The number of methoxy groups -OCH3 is 2. The van der Waals surface area contributed by atoms with Crippen LogP contribution in [0.3, 0.4) is 0 Å². The molecule has 1 unspecified atom stereocenters. The zero-order chi connectivity index (χ0) is 13.7. The van der Waals surface area contributed by atoms with E-state index in [4.69, 9.17) is 4.74 Å². The molecular weight excluding hydrogens is 241 g/mol. The topological polar surface area (TPSA) is 64.6 Å². The summed E-state index contributed by atoms with van der Waals surface area (Å²) in [5.74, 6) is -1.96. The Morgan fingerprint density at radius 2 is 2.00 bits per heavy atom. The lowest BCUT2D eigenvalue weighted by Gasteiger charge is -2.13. The van der Waals surface area contributed by atoms with Crippen molar-refractivity contribution in [2.75, 3.05) is 14.2 Å². The van der Waals surface area contributed by atoms with Crippen LogP contribution in [-0.2, 0) is 9.53 Å². The summed E-state index contributed by atoms with van der Waals surface area (Å²) in [4.78, 5) is 23.0. The molecule has 0 heterocycles. The maximum Gasteiger partial charge on any atom is 0.328 e. The van der Waals surface area contributed by atoms with Gasteiger partial charge in [0.15, 0.2) is 0 Å². The van der Waals surface area contributed by atoms with Crippen molar-refractivity contribution < 1.29 is 23.5 Å². The third-order valence-corrected chi connectivity index (χ3v) is 2.32. The Bertz CT molecular complexity index is 461. The number of amides is 1. The normalized spacial score (nSPS) is 11.6. The van der Waals surface area contributed by atoms with Crippen molar-refractivity contribution in [3.8, 4) is 5.75 Å². The molecule has 5 nitrogen and oxygen atoms in total. The highest BCUT2D eigenvalue weighted by Crippen LogP contribution is 2.20. The fraction of sp³-hybridized carbons (Fsp3) is 0.333. The highest BCUT2D eigenvalue weighted by atomic mass is 19.1. The van der Waals surface area contributed by atoms with Crippen molar-refractivity contribution in [3.05, 3.63) is 29.6 Å². The maximum absolute atomic E-state index is 13.6. The molecule has 1 amide bonds. The first kappa shape index (κ1) is 14.0. The summed E-state index contributed by atoms with van der Waals surface area (Å²) in [6.45, 7) is 1.44. The van der Waals surface area contributed by atoms with Crippen LogP contribution >= 0.6 is 0 Å². The molecule has 1 atom stereocenters. The predicted molar refractivity (Wildman–Crippen MR) is 61.9 cm³/mol. The SMILES string of the molecule is COC(=O)C(C)NC(=O)c1c(F)cccc1OC. The number of carbonyl (C=O) groups is 2. The number of halogens is 1. The van der Waals surface area contributed by atoms with E-state index in [1.807, 2.05) is 0 Å². The molecule has 0 aliphatic carbocycles. The van der Waals surface area contributed by atoms with E-state index >= 15 is 0 Å². The molecule has 0 saturated carbocycles. The van der Waals surface area contributed by atoms with Crippen LogP contribution in [0.15, 0.2) is 18.2 Å². The minimum absolute atomic E-state index is 0.101. The molecule has 0 bridgehead atoms. The van der Waals surface area contributed by atoms with Gasteiger partial charge in [-0.1, -0.05) is 6.07 Å². The fourth-order valence-corrected chi connectivity index (χ4v) is 1.40. The van der Waals surface area contributed by atoms with Crippen molar-refractivity contribution >= 4 is 11.9 Å². The molecule has 0 aromatic heterocycles. The van der Waals surface area contributed by atoms with Crippen molar-refractivity contribution in [2.24, 2.45) is 0 Å². The maximum atomic E-state index is 13.6. The first-order valence-electron chi connectivity index (χ1n) is 5.22. The lowest BCUT2D eigenvalue weighted by Crippen LogP contribution is -2.39. The Balaban J connectivity index is 2.94. The second-order valence-electron chi connectivity index (χ2n) is 3.54. The first-order chi connectivity index (χ1) is 8.51. The number of benzene rings is 1. The van der Waals surface area contributed by atoms with Crippen LogP contribution in [0.2, 0.25) is 0 Å². The van der Waals surface area contributed by atoms with Crippen LogP contribution in [-0.4, -0.2) is 32.1 Å². The van der Waals surface area contributed by atoms with Gasteiger partial charge in [0.05, 0.1) is 14.2 Å². The number of ether oxygens (including phenoxy) is 2. The van der Waals surface area contributed by atoms with Crippen molar-refractivity contribution in [1.82, 2.24) is 5.32 Å². The molecule has 1 N–H and O–H groups in total. The van der Waals surface area contributed by atoms with E-state index in [9.17, 15) is 14.0 Å². The van der Waals surface area contributed by atoms with E-state index in [0.717, 1.165) is 6.07 Å². The Morgan fingerprint density at radius 3 is 2.56 bits per heavy atom. The number of hydrogen-bond donors (Lipinski definition) is 1. The highest BCUT2D eigenvalue weighted by Gasteiger charge is 2.22. The number of nitrogens with one attached hydrogen (secondary N) is 1. The molecule has 6 heteroatoms. The Hall–Kier alpha value is -2.11. The lowest BCUT2D eigenvalue weighted by atomic mass is 10.1. The molecule has 0 aliphatic rings. The summed E-state index contributed by atoms with van der Waals surface area (Å²) >= 11 is 0. The molecule has 1 aromatic carbocycles. The molecule has 1 rings (SSSR count). The largest absolute Gasteiger partial charge is 0.496 e. The van der Waals surface area contributed by atoms with E-state index in [-0.39, 0.29) is 11.3 Å². The van der Waals surface area contributed by atoms with E-state index in [2.05, 4.69) is 10.1 Å². The van der Waals surface area contributed by atoms with Crippen LogP contribution in [0.5, 0.6) is 5.75 Å². The smallest absolute Gasteiger partial charge is 0.328 e. The van der Waals surface area contributed by atoms with Gasteiger partial charge in [-0.25, -0.2) is 9.18 Å². The van der Waals surface area contributed by atoms with Gasteiger partial charge in [-0.3, -0.25) is 4.79 Å². The zero-order valence-corrected chi connectivity index (χ0v) is 10.3. The molecule has 0 radical (unpaired) electrons. The molecule has 98 valence electrons. The zero-order valence-electron chi connectivity index (χ0n) is 10.3. The summed E-state index contributed by atoms with van der Waals surface area (Å²) in [6.07, 6.45) is 0. The number of rotatable bonds is 4. The average molecular weight is 255 g/mol. The summed E-state index contributed by atoms with van der Waals surface area (Å²) in [5.41, 5.74) is -0.240. The predicted octanol–water partition coefficient (Wildman–Crippen LogP) is 1.13. The molecule has 0 spiro atoms. The van der Waals surface area contributed by atoms with Gasteiger partial charge in [-0.15, -0.1) is 0 Å². The van der Waals surface area contributed by atoms with Gasteiger partial charge in [0, 0.05) is 0 Å². The summed E-state index contributed by atoms with van der Waals surface area (Å²) in [5, 5.41) is 2.33. The van der Waals surface area contributed by atoms with E-state index in [0.29, 0.717) is 0 Å². The van der Waals surface area contributed by atoms with Gasteiger partial charge >= 0.3 is 5.97 Å². The van der Waals surface area contributed by atoms with Gasteiger partial charge in [0.25, 0.3) is 5.91 Å². The lowest BCUT2D eigenvalue weighted by molar-refractivity contribution is -0.142. The summed E-state index contributed by atoms with van der Waals surface area (Å²) < 4.78 is 22.9. The van der Waals surface area contributed by atoms with Crippen LogP contribution in [0.4, 0.5) is 4.39 Å². The van der Waals surface area contributed by atoms with E-state index < -0.39 is 23.7 Å². The van der Waals surface area contributed by atoms with Gasteiger partial charge < -0.3 is 14.8 Å². The molecule has 1 aromatic rings. The third kappa shape index (κ3) is 2.97. The second-order valence-corrected chi connectivity index (χ2v) is 3.54. The molecular formula is C12H14FNO4. The second kappa shape index (κ2) is 6.00. The standard InChI is InChI=1S/C12H14FNO4/c1-7(12(16)18-3)14-11(15)10-8(13)5-4-6-9(10)17-2/h4-7H,1-3H3,(H,14,15). The molecule has 0 aliphatic heterocycles. The fourth-order valence-electron chi connectivity index (χ4n) is 1.40. The summed E-state index contributed by atoms with van der Waals surface area (Å²) in [6, 6.07) is 3.15. The van der Waals surface area contributed by atoms with Crippen molar-refractivity contribution in [1.29, 1.82) is 0 Å². The molecule has 0 fully saturated rings. The Labute approximate surface area is 104 Å². The molecule has 18 heavy (non-hydrogen) atoms. The highest BCUT2D eigenvalue weighted by molar-refractivity contribution is 5.99. The van der Waals surface area contributed by atoms with Gasteiger partial charge in [-0.05, 0) is 19.1 Å². The van der Waals surface area contributed by atoms with Gasteiger partial charge in [-0.2, -0.15) is 0 Å². The van der Waals surface area contributed by atoms with Gasteiger partial charge in [0.1, 0.15) is 23.2 Å². The van der Waals surface area contributed by atoms with Crippen molar-refractivity contribution in [3.63, 3.8) is 0 Å². The molecule has 0 saturated heterocycles. The monoisotopic (exact) mass is 255 g/mol. The van der Waals surface area contributed by atoms with Gasteiger partial charge in [0.2, 0.25) is 0 Å². The first-order valence-corrected chi connectivity index (χ1v) is 5.22.